The molecular formula is C23H13Br3ClNO3. The Morgan fingerprint density at radius 2 is 1.61 bits per heavy atom. The quantitative estimate of drug-likeness (QED) is 0.217. The lowest BCUT2D eigenvalue weighted by Crippen LogP contribution is -2.05. The molecule has 0 saturated carbocycles. The molecule has 0 spiro atoms. The number of aliphatic imine (C=N–C) groups is 1. The molecule has 1 aliphatic rings. The average molecular weight is 627 g/mol. The van der Waals surface area contributed by atoms with Gasteiger partial charge < -0.3 is 9.47 Å². The Balaban J connectivity index is 1.54. The van der Waals surface area contributed by atoms with E-state index in [1.54, 1.807) is 6.08 Å². The molecule has 0 bridgehead atoms. The molecule has 0 aromatic heterocycles. The highest BCUT2D eigenvalue weighted by molar-refractivity contribution is 9.11. The van der Waals surface area contributed by atoms with Crippen molar-refractivity contribution in [2.24, 2.45) is 4.99 Å². The fourth-order valence-electron chi connectivity index (χ4n) is 2.82. The SMILES string of the molecule is O=C1OC(c2ccc(Br)cc2)=N/C1=C\c1cc(Br)c(OCc2ccc(Cl)cc2)c(Br)c1. The van der Waals surface area contributed by atoms with Gasteiger partial charge in [-0.3, -0.25) is 0 Å². The van der Waals surface area contributed by atoms with Gasteiger partial charge in [0.2, 0.25) is 5.90 Å². The number of nitrogens with zero attached hydrogens (tertiary/aromatic N) is 1. The number of halogens is 4. The highest BCUT2D eigenvalue weighted by Gasteiger charge is 2.24. The lowest BCUT2D eigenvalue weighted by atomic mass is 10.2. The van der Waals surface area contributed by atoms with E-state index in [0.717, 1.165) is 30.1 Å². The van der Waals surface area contributed by atoms with E-state index in [1.807, 2.05) is 60.7 Å². The molecular weight excluding hydrogens is 613 g/mol. The van der Waals surface area contributed by atoms with E-state index in [-0.39, 0.29) is 11.6 Å². The highest BCUT2D eigenvalue weighted by atomic mass is 79.9. The minimum absolute atomic E-state index is 0.228. The topological polar surface area (TPSA) is 47.9 Å². The van der Waals surface area contributed by atoms with Gasteiger partial charge in [0.05, 0.1) is 8.95 Å². The van der Waals surface area contributed by atoms with Crippen LogP contribution in [0.15, 0.2) is 84.8 Å². The van der Waals surface area contributed by atoms with Gasteiger partial charge in [-0.1, -0.05) is 39.7 Å². The van der Waals surface area contributed by atoms with E-state index >= 15 is 0 Å². The standard InChI is InChI=1S/C23H13Br3ClNO3/c24-16-5-3-15(4-6-16)22-28-20(23(29)31-22)11-14-9-18(25)21(19(26)10-14)30-12-13-1-7-17(27)8-2-13/h1-11H,12H2/b20-11-. The number of hydrogen-bond acceptors (Lipinski definition) is 4. The highest BCUT2D eigenvalue weighted by Crippen LogP contribution is 2.36. The van der Waals surface area contributed by atoms with Crippen molar-refractivity contribution in [3.8, 4) is 5.75 Å². The fourth-order valence-corrected chi connectivity index (χ4v) is 4.66. The first kappa shape index (κ1) is 22.3. The number of carbonyl (C=O) groups excluding carboxylic acids is 1. The number of rotatable bonds is 5. The smallest absolute Gasteiger partial charge is 0.363 e. The van der Waals surface area contributed by atoms with Crippen LogP contribution in [0.5, 0.6) is 5.75 Å². The largest absolute Gasteiger partial charge is 0.487 e. The van der Waals surface area contributed by atoms with Crippen LogP contribution in [0.3, 0.4) is 0 Å². The third kappa shape index (κ3) is 5.47. The van der Waals surface area contributed by atoms with Gasteiger partial charge in [-0.15, -0.1) is 0 Å². The van der Waals surface area contributed by atoms with Gasteiger partial charge in [-0.05, 0) is 97.6 Å². The maximum absolute atomic E-state index is 12.3. The van der Waals surface area contributed by atoms with Crippen LogP contribution < -0.4 is 4.74 Å². The van der Waals surface area contributed by atoms with Crippen molar-refractivity contribution < 1.29 is 14.3 Å². The Morgan fingerprint density at radius 1 is 0.968 bits per heavy atom. The molecule has 0 unspecified atom stereocenters. The molecule has 0 fully saturated rings. The second-order valence-electron chi connectivity index (χ2n) is 6.57. The van der Waals surface area contributed by atoms with Crippen molar-refractivity contribution in [3.63, 3.8) is 0 Å². The zero-order valence-electron chi connectivity index (χ0n) is 15.7. The zero-order chi connectivity index (χ0) is 22.0. The van der Waals surface area contributed by atoms with Crippen LogP contribution in [-0.4, -0.2) is 11.9 Å². The Labute approximate surface area is 209 Å². The van der Waals surface area contributed by atoms with E-state index in [0.29, 0.717) is 17.4 Å². The molecule has 0 amide bonds. The van der Waals surface area contributed by atoms with Crippen molar-refractivity contribution in [3.05, 3.63) is 101 Å². The van der Waals surface area contributed by atoms with Crippen LogP contribution in [0.4, 0.5) is 0 Å². The van der Waals surface area contributed by atoms with Crippen LogP contribution in [0, 0.1) is 0 Å². The van der Waals surface area contributed by atoms with E-state index < -0.39 is 5.97 Å². The van der Waals surface area contributed by atoms with Gasteiger partial charge in [0.25, 0.3) is 0 Å². The summed E-state index contributed by atoms with van der Waals surface area (Å²) in [5.74, 6) is 0.447. The van der Waals surface area contributed by atoms with Crippen molar-refractivity contribution in [2.45, 2.75) is 6.61 Å². The van der Waals surface area contributed by atoms with Crippen molar-refractivity contribution in [1.29, 1.82) is 0 Å². The maximum Gasteiger partial charge on any atom is 0.363 e. The average Bonchev–Trinajstić information content (AvgIpc) is 3.09. The predicted octanol–water partition coefficient (Wildman–Crippen LogP) is 7.55. The summed E-state index contributed by atoms with van der Waals surface area (Å²) in [6.45, 7) is 0.391. The maximum atomic E-state index is 12.3. The summed E-state index contributed by atoms with van der Waals surface area (Å²) >= 11 is 16.4. The number of benzene rings is 3. The van der Waals surface area contributed by atoms with Gasteiger partial charge in [0.1, 0.15) is 12.4 Å². The van der Waals surface area contributed by atoms with Crippen molar-refractivity contribution in [2.75, 3.05) is 0 Å². The first-order valence-electron chi connectivity index (χ1n) is 9.04. The number of esters is 1. The van der Waals surface area contributed by atoms with Crippen LogP contribution in [0.2, 0.25) is 5.02 Å². The molecule has 0 radical (unpaired) electrons. The summed E-state index contributed by atoms with van der Waals surface area (Å²) in [6, 6.07) is 18.6. The molecule has 0 N–H and O–H groups in total. The van der Waals surface area contributed by atoms with Gasteiger partial charge in [0, 0.05) is 15.1 Å². The van der Waals surface area contributed by atoms with Crippen LogP contribution >= 0.6 is 59.4 Å². The van der Waals surface area contributed by atoms with E-state index in [1.165, 1.54) is 0 Å². The molecule has 156 valence electrons. The van der Waals surface area contributed by atoms with Crippen molar-refractivity contribution in [1.82, 2.24) is 0 Å². The molecule has 0 saturated heterocycles. The second-order valence-corrected chi connectivity index (χ2v) is 9.63. The minimum atomic E-state index is -0.492. The van der Waals surface area contributed by atoms with E-state index in [9.17, 15) is 4.79 Å². The minimum Gasteiger partial charge on any atom is -0.487 e. The van der Waals surface area contributed by atoms with Crippen LogP contribution in [0.25, 0.3) is 6.08 Å². The molecule has 3 aromatic rings. The lowest BCUT2D eigenvalue weighted by molar-refractivity contribution is -0.129. The van der Waals surface area contributed by atoms with Gasteiger partial charge in [-0.25, -0.2) is 9.79 Å². The molecule has 4 rings (SSSR count). The molecule has 8 heteroatoms. The number of ether oxygens (including phenoxy) is 2. The Bertz CT molecular complexity index is 1180. The Kier molecular flexibility index (Phi) is 6.96. The monoisotopic (exact) mass is 623 g/mol. The van der Waals surface area contributed by atoms with Gasteiger partial charge in [-0.2, -0.15) is 0 Å². The zero-order valence-corrected chi connectivity index (χ0v) is 21.3. The summed E-state index contributed by atoms with van der Waals surface area (Å²) < 4.78 is 13.7. The predicted molar refractivity (Wildman–Crippen MR) is 132 cm³/mol. The first-order chi connectivity index (χ1) is 14.9. The molecule has 31 heavy (non-hydrogen) atoms. The van der Waals surface area contributed by atoms with Crippen LogP contribution in [-0.2, 0) is 16.1 Å². The third-order valence-electron chi connectivity index (χ3n) is 4.33. The summed E-state index contributed by atoms with van der Waals surface area (Å²) in [6.07, 6.45) is 1.67. The summed E-state index contributed by atoms with van der Waals surface area (Å²) in [7, 11) is 0. The molecule has 1 heterocycles. The molecule has 0 atom stereocenters. The molecule has 0 aliphatic carbocycles. The van der Waals surface area contributed by atoms with Gasteiger partial charge >= 0.3 is 5.97 Å². The number of hydrogen-bond donors (Lipinski definition) is 0. The van der Waals surface area contributed by atoms with E-state index in [2.05, 4.69) is 52.8 Å². The number of carbonyl (C=O) groups is 1. The first-order valence-corrected chi connectivity index (χ1v) is 11.8. The number of cyclic esters (lactones) is 1. The normalized spacial score (nSPS) is 14.5. The molecule has 4 nitrogen and oxygen atoms in total. The summed E-state index contributed by atoms with van der Waals surface area (Å²) in [4.78, 5) is 16.6. The fraction of sp³-hybridized carbons (Fsp3) is 0.0435. The van der Waals surface area contributed by atoms with Gasteiger partial charge in [0.15, 0.2) is 5.70 Å². The second kappa shape index (κ2) is 9.69. The van der Waals surface area contributed by atoms with Crippen LogP contribution in [0.1, 0.15) is 16.7 Å². The van der Waals surface area contributed by atoms with E-state index in [4.69, 9.17) is 21.1 Å². The Morgan fingerprint density at radius 3 is 2.26 bits per heavy atom. The molecule has 1 aliphatic heterocycles. The molecule has 3 aromatic carbocycles. The Hall–Kier alpha value is -1.93. The van der Waals surface area contributed by atoms with Crippen molar-refractivity contribution >= 4 is 77.3 Å². The lowest BCUT2D eigenvalue weighted by Gasteiger charge is -2.11. The third-order valence-corrected chi connectivity index (χ3v) is 6.29. The summed E-state index contributed by atoms with van der Waals surface area (Å²) in [5.41, 5.74) is 2.73. The summed E-state index contributed by atoms with van der Waals surface area (Å²) in [5, 5.41) is 0.680.